The van der Waals surface area contributed by atoms with E-state index in [-0.39, 0.29) is 30.8 Å². The number of esters is 1. The van der Waals surface area contributed by atoms with Gasteiger partial charge >= 0.3 is 5.97 Å². The van der Waals surface area contributed by atoms with Crippen molar-refractivity contribution >= 4 is 41.3 Å². The fraction of sp³-hybridized carbons (Fsp3) is 0.300. The van der Waals surface area contributed by atoms with Gasteiger partial charge in [-0.25, -0.2) is 10.2 Å². The molecule has 3 aromatic carbocycles. The van der Waals surface area contributed by atoms with E-state index in [2.05, 4.69) is 10.5 Å². The topological polar surface area (TPSA) is 95.5 Å². The third-order valence-corrected chi connectivity index (χ3v) is 5.97. The molecule has 0 heterocycles. The van der Waals surface area contributed by atoms with Crippen LogP contribution in [0, 0.1) is 5.92 Å². The van der Waals surface area contributed by atoms with Crippen LogP contribution >= 0.6 is 23.2 Å². The minimum absolute atomic E-state index is 0.228. The number of rotatable bonds is 14. The molecule has 0 saturated heterocycles. The Bertz CT molecular complexity index is 1310. The lowest BCUT2D eigenvalue weighted by molar-refractivity contribution is -0.121. The van der Waals surface area contributed by atoms with Gasteiger partial charge in [-0.05, 0) is 78.6 Å². The number of halogens is 2. The third-order valence-electron chi connectivity index (χ3n) is 5.44. The first-order valence-corrected chi connectivity index (χ1v) is 13.5. The van der Waals surface area contributed by atoms with Crippen LogP contribution in [0.15, 0.2) is 65.8 Å². The standard InChI is InChI=1S/C30H32Cl2N2O6/c1-20(2)18-40-30(36)22-7-10-25(11-8-22)39-19-23-15-21(6-12-27(23)37-3)17-33-34-29(35)5-4-14-38-28-13-9-24(31)16-26(28)32/h6-13,15-17,20H,4-5,14,18-19H2,1-3H3,(H,34,35)/b33-17-. The summed E-state index contributed by atoms with van der Waals surface area (Å²) in [5.74, 6) is 1.42. The molecule has 0 fully saturated rings. The largest absolute Gasteiger partial charge is 0.496 e. The van der Waals surface area contributed by atoms with Gasteiger partial charge in [-0.15, -0.1) is 0 Å². The Morgan fingerprint density at radius 3 is 2.42 bits per heavy atom. The average Bonchev–Trinajstić information content (AvgIpc) is 2.94. The maximum Gasteiger partial charge on any atom is 0.338 e. The van der Waals surface area contributed by atoms with E-state index in [1.165, 1.54) is 0 Å². The van der Waals surface area contributed by atoms with Crippen LogP contribution in [0.3, 0.4) is 0 Å². The zero-order valence-corrected chi connectivity index (χ0v) is 24.1. The quantitative estimate of drug-likeness (QED) is 0.0976. The van der Waals surface area contributed by atoms with Crippen LogP contribution in [0.4, 0.5) is 0 Å². The summed E-state index contributed by atoms with van der Waals surface area (Å²) >= 11 is 11.9. The number of amides is 1. The summed E-state index contributed by atoms with van der Waals surface area (Å²) in [6.45, 7) is 4.89. The van der Waals surface area contributed by atoms with E-state index in [4.69, 9.17) is 42.1 Å². The number of nitrogens with zero attached hydrogens (tertiary/aromatic N) is 1. The van der Waals surface area contributed by atoms with Gasteiger partial charge in [-0.2, -0.15) is 5.10 Å². The Balaban J connectivity index is 1.47. The van der Waals surface area contributed by atoms with Crippen molar-refractivity contribution in [2.24, 2.45) is 11.0 Å². The Labute approximate surface area is 244 Å². The van der Waals surface area contributed by atoms with Crippen LogP contribution in [0.25, 0.3) is 0 Å². The summed E-state index contributed by atoms with van der Waals surface area (Å²) < 4.78 is 22.2. The van der Waals surface area contributed by atoms with Crippen molar-refractivity contribution in [1.82, 2.24) is 5.43 Å². The molecule has 0 unspecified atom stereocenters. The summed E-state index contributed by atoms with van der Waals surface area (Å²) in [6, 6.07) is 17.2. The molecule has 1 N–H and O–H groups in total. The van der Waals surface area contributed by atoms with Gasteiger partial charge in [-0.3, -0.25) is 4.79 Å². The molecule has 10 heteroatoms. The second kappa shape index (κ2) is 15.7. The lowest BCUT2D eigenvalue weighted by atomic mass is 10.1. The summed E-state index contributed by atoms with van der Waals surface area (Å²) in [5, 5.41) is 4.99. The molecule has 0 aliphatic rings. The van der Waals surface area contributed by atoms with E-state index in [9.17, 15) is 9.59 Å². The number of ether oxygens (including phenoxy) is 4. The molecule has 0 saturated carbocycles. The SMILES string of the molecule is COc1ccc(/C=N\NC(=O)CCCOc2ccc(Cl)cc2Cl)cc1COc1ccc(C(=O)OCC(C)C)cc1. The van der Waals surface area contributed by atoms with E-state index in [1.807, 2.05) is 26.0 Å². The third kappa shape index (κ3) is 10.1. The molecule has 0 aliphatic heterocycles. The highest BCUT2D eigenvalue weighted by molar-refractivity contribution is 6.35. The Hall–Kier alpha value is -3.75. The number of hydrazone groups is 1. The van der Waals surface area contributed by atoms with Crippen molar-refractivity contribution in [2.75, 3.05) is 20.3 Å². The summed E-state index contributed by atoms with van der Waals surface area (Å²) in [7, 11) is 1.58. The molecule has 0 spiro atoms. The lowest BCUT2D eigenvalue weighted by Crippen LogP contribution is -2.18. The molecule has 212 valence electrons. The predicted molar refractivity (Wildman–Crippen MR) is 156 cm³/mol. The van der Waals surface area contributed by atoms with E-state index in [1.54, 1.807) is 61.9 Å². The zero-order valence-electron chi connectivity index (χ0n) is 22.6. The number of carbonyl (C=O) groups excluding carboxylic acids is 2. The second-order valence-corrected chi connectivity index (χ2v) is 10.0. The first-order chi connectivity index (χ1) is 19.2. The van der Waals surface area contributed by atoms with Crippen LogP contribution in [0.2, 0.25) is 10.0 Å². The van der Waals surface area contributed by atoms with Crippen molar-refractivity contribution < 1.29 is 28.5 Å². The number of hydrogen-bond donors (Lipinski definition) is 1. The lowest BCUT2D eigenvalue weighted by Gasteiger charge is -2.12. The average molecular weight is 588 g/mol. The molecule has 0 aromatic heterocycles. The van der Waals surface area contributed by atoms with Gasteiger partial charge in [0.2, 0.25) is 5.91 Å². The van der Waals surface area contributed by atoms with Crippen molar-refractivity contribution in [3.05, 3.63) is 87.4 Å². The molecule has 0 radical (unpaired) electrons. The summed E-state index contributed by atoms with van der Waals surface area (Å²) in [5.41, 5.74) is 4.52. The molecule has 8 nitrogen and oxygen atoms in total. The van der Waals surface area contributed by atoms with Crippen LogP contribution in [0.5, 0.6) is 17.2 Å². The minimum Gasteiger partial charge on any atom is -0.496 e. The zero-order chi connectivity index (χ0) is 28.9. The van der Waals surface area contributed by atoms with Crippen molar-refractivity contribution in [1.29, 1.82) is 0 Å². The van der Waals surface area contributed by atoms with Gasteiger partial charge in [-0.1, -0.05) is 37.0 Å². The molecule has 1 amide bonds. The molecule has 40 heavy (non-hydrogen) atoms. The fourth-order valence-electron chi connectivity index (χ4n) is 3.41. The molecule has 3 rings (SSSR count). The van der Waals surface area contributed by atoms with Crippen LogP contribution in [-0.2, 0) is 16.1 Å². The normalized spacial score (nSPS) is 10.9. The van der Waals surface area contributed by atoms with Crippen LogP contribution in [-0.4, -0.2) is 38.4 Å². The molecule has 0 atom stereocenters. The maximum absolute atomic E-state index is 12.1. The molecule has 0 bridgehead atoms. The highest BCUT2D eigenvalue weighted by Crippen LogP contribution is 2.27. The number of carbonyl (C=O) groups is 2. The number of benzene rings is 3. The summed E-state index contributed by atoms with van der Waals surface area (Å²) in [6.07, 6.45) is 2.27. The minimum atomic E-state index is -0.364. The van der Waals surface area contributed by atoms with Crippen LogP contribution in [0.1, 0.15) is 48.2 Å². The van der Waals surface area contributed by atoms with E-state index in [0.717, 1.165) is 11.1 Å². The van der Waals surface area contributed by atoms with Crippen LogP contribution < -0.4 is 19.6 Å². The molecular formula is C30H32Cl2N2O6. The Morgan fingerprint density at radius 1 is 0.975 bits per heavy atom. The second-order valence-electron chi connectivity index (χ2n) is 9.20. The first-order valence-electron chi connectivity index (χ1n) is 12.7. The van der Waals surface area contributed by atoms with Gasteiger partial charge in [0.15, 0.2) is 0 Å². The molecule has 3 aromatic rings. The van der Waals surface area contributed by atoms with Crippen molar-refractivity contribution in [3.63, 3.8) is 0 Å². The van der Waals surface area contributed by atoms with E-state index >= 15 is 0 Å². The van der Waals surface area contributed by atoms with Crippen molar-refractivity contribution in [3.8, 4) is 17.2 Å². The number of nitrogens with one attached hydrogen (secondary N) is 1. The van der Waals surface area contributed by atoms with Crippen molar-refractivity contribution in [2.45, 2.75) is 33.3 Å². The van der Waals surface area contributed by atoms with Gasteiger partial charge in [0.1, 0.15) is 23.9 Å². The van der Waals surface area contributed by atoms with Gasteiger partial charge < -0.3 is 18.9 Å². The number of hydrogen-bond acceptors (Lipinski definition) is 7. The number of methoxy groups -OCH3 is 1. The monoisotopic (exact) mass is 586 g/mol. The molecular weight excluding hydrogens is 555 g/mol. The van der Waals surface area contributed by atoms with E-state index < -0.39 is 0 Å². The van der Waals surface area contributed by atoms with E-state index in [0.29, 0.717) is 52.5 Å². The highest BCUT2D eigenvalue weighted by atomic mass is 35.5. The Morgan fingerprint density at radius 2 is 1.73 bits per heavy atom. The van der Waals surface area contributed by atoms with Gasteiger partial charge in [0.05, 0.1) is 37.1 Å². The first kappa shape index (κ1) is 30.8. The smallest absolute Gasteiger partial charge is 0.338 e. The van der Waals surface area contributed by atoms with Gasteiger partial charge in [0.25, 0.3) is 0 Å². The summed E-state index contributed by atoms with van der Waals surface area (Å²) in [4.78, 5) is 24.2. The highest BCUT2D eigenvalue weighted by Gasteiger charge is 2.10. The fourth-order valence-corrected chi connectivity index (χ4v) is 3.87. The Kier molecular flexibility index (Phi) is 12.1. The maximum atomic E-state index is 12.1. The molecule has 0 aliphatic carbocycles. The van der Waals surface area contributed by atoms with Gasteiger partial charge in [0, 0.05) is 17.0 Å². The predicted octanol–water partition coefficient (Wildman–Crippen LogP) is 6.70.